The van der Waals surface area contributed by atoms with Crippen LogP contribution in [0.2, 0.25) is 5.02 Å². The number of likely N-dealkylation sites (tertiary alicyclic amines) is 1. The summed E-state index contributed by atoms with van der Waals surface area (Å²) in [6, 6.07) is 11.6. The number of primary amides is 1. The van der Waals surface area contributed by atoms with Gasteiger partial charge in [0.05, 0.1) is 11.1 Å². The van der Waals surface area contributed by atoms with Crippen LogP contribution >= 0.6 is 11.6 Å². The first-order valence-electron chi connectivity index (χ1n) is 15.5. The summed E-state index contributed by atoms with van der Waals surface area (Å²) < 4.78 is 6.24. The topological polar surface area (TPSA) is 91.7 Å². The Hall–Kier alpha value is -3.29. The van der Waals surface area contributed by atoms with Crippen molar-refractivity contribution in [1.29, 1.82) is 0 Å². The number of benzene rings is 2. The summed E-state index contributed by atoms with van der Waals surface area (Å²) in [5.74, 6) is -0.468. The second-order valence-corrected chi connectivity index (χ2v) is 12.6. The van der Waals surface area contributed by atoms with Crippen LogP contribution in [0.5, 0.6) is 0 Å². The number of hydrogen-bond acceptors (Lipinski definition) is 4. The van der Waals surface area contributed by atoms with Crippen molar-refractivity contribution in [2.24, 2.45) is 5.73 Å². The van der Waals surface area contributed by atoms with E-state index in [0.29, 0.717) is 17.0 Å². The number of aryl methyl sites for hydroxylation is 1. The Kier molecular flexibility index (Phi) is 8.59. The molecule has 1 aliphatic heterocycles. The van der Waals surface area contributed by atoms with Crippen LogP contribution in [-0.2, 0) is 17.6 Å². The smallest absolute Gasteiger partial charge is 0.410 e. The minimum atomic E-state index is -0.468. The molecule has 0 saturated carbocycles. The fourth-order valence-corrected chi connectivity index (χ4v) is 7.38. The molecule has 2 amide bonds. The number of ether oxygens (including phenoxy) is 1. The Morgan fingerprint density at radius 1 is 1.00 bits per heavy atom. The van der Waals surface area contributed by atoms with Crippen molar-refractivity contribution < 1.29 is 14.3 Å². The molecule has 6 rings (SSSR count). The number of aromatic amines is 1. The number of amides is 2. The molecule has 2 aliphatic carbocycles. The highest BCUT2D eigenvalue weighted by molar-refractivity contribution is 6.33. The monoisotopic (exact) mass is 588 g/mol. The van der Waals surface area contributed by atoms with Gasteiger partial charge in [0.1, 0.15) is 6.10 Å². The number of nitrogens with one attached hydrogen (secondary N) is 1. The Bertz CT molecular complexity index is 1490. The van der Waals surface area contributed by atoms with Crippen LogP contribution in [0, 0.1) is 0 Å². The van der Waals surface area contributed by atoms with Gasteiger partial charge in [-0.3, -0.25) is 4.79 Å². The SMILES string of the molecule is CN1CCC(N(C(=O)OC2/C=C/CCCCC2)C2CCc3[nH]c4c(C(N)=O)ccc(-c5ccccc5Cl)c4c3C2)CC1. The van der Waals surface area contributed by atoms with Gasteiger partial charge in [-0.1, -0.05) is 48.4 Å². The lowest BCUT2D eigenvalue weighted by Gasteiger charge is -2.42. The molecule has 1 fully saturated rings. The van der Waals surface area contributed by atoms with Gasteiger partial charge in [0.2, 0.25) is 0 Å². The lowest BCUT2D eigenvalue weighted by atomic mass is 9.86. The van der Waals surface area contributed by atoms with Crippen LogP contribution in [0.4, 0.5) is 4.79 Å². The maximum Gasteiger partial charge on any atom is 0.410 e. The number of carbonyl (C=O) groups is 2. The predicted octanol–water partition coefficient (Wildman–Crippen LogP) is 6.87. The number of allylic oxidation sites excluding steroid dienone is 1. The third-order valence-corrected chi connectivity index (χ3v) is 9.72. The Morgan fingerprint density at radius 2 is 1.81 bits per heavy atom. The Balaban J connectivity index is 1.38. The number of piperidine rings is 1. The number of halogens is 1. The summed E-state index contributed by atoms with van der Waals surface area (Å²) in [4.78, 5) is 34.5. The standard InChI is InChI=1S/C34H41ClN4O3/c1-38-19-17-22(18-20-38)39(34(41)42-24-9-5-3-2-4-6-10-24)23-13-16-30-28(21-23)31-26(25-11-7-8-12-29(25)35)14-15-27(33(36)40)32(31)37-30/h5,7-9,11-12,14-15,22-24,37H,2-4,6,10,13,16-21H2,1H3,(H2,36,40)/b9-5+. The van der Waals surface area contributed by atoms with Crippen LogP contribution in [0.1, 0.15) is 73.0 Å². The first-order chi connectivity index (χ1) is 20.4. The first-order valence-corrected chi connectivity index (χ1v) is 15.8. The molecule has 2 aromatic carbocycles. The minimum Gasteiger partial charge on any atom is -0.442 e. The number of rotatable bonds is 5. The second kappa shape index (κ2) is 12.5. The van der Waals surface area contributed by atoms with Crippen LogP contribution in [-0.4, -0.2) is 65.1 Å². The van der Waals surface area contributed by atoms with Crippen LogP contribution in [0.3, 0.4) is 0 Å². The van der Waals surface area contributed by atoms with E-state index in [1.54, 1.807) is 6.07 Å². The van der Waals surface area contributed by atoms with Crippen molar-refractivity contribution in [2.45, 2.75) is 82.4 Å². The van der Waals surface area contributed by atoms with Crippen LogP contribution < -0.4 is 5.73 Å². The number of aromatic nitrogens is 1. The van der Waals surface area contributed by atoms with Gasteiger partial charge in [-0.15, -0.1) is 0 Å². The number of hydrogen-bond donors (Lipinski definition) is 2. The highest BCUT2D eigenvalue weighted by atomic mass is 35.5. The normalized spacial score (nSPS) is 22.6. The zero-order chi connectivity index (χ0) is 29.2. The molecule has 1 aromatic heterocycles. The van der Waals surface area contributed by atoms with Gasteiger partial charge in [0.25, 0.3) is 5.91 Å². The molecule has 222 valence electrons. The maximum absolute atomic E-state index is 14.0. The van der Waals surface area contributed by atoms with E-state index in [0.717, 1.165) is 91.3 Å². The van der Waals surface area contributed by atoms with E-state index < -0.39 is 5.91 Å². The lowest BCUT2D eigenvalue weighted by Crippen LogP contribution is -2.53. The fraction of sp³-hybridized carbons (Fsp3) is 0.471. The predicted molar refractivity (Wildman–Crippen MR) is 168 cm³/mol. The number of carbonyl (C=O) groups excluding carboxylic acids is 2. The maximum atomic E-state index is 14.0. The summed E-state index contributed by atoms with van der Waals surface area (Å²) in [5.41, 5.74) is 11.2. The van der Waals surface area contributed by atoms with Crippen molar-refractivity contribution in [2.75, 3.05) is 20.1 Å². The second-order valence-electron chi connectivity index (χ2n) is 12.2. The van der Waals surface area contributed by atoms with Gasteiger partial charge >= 0.3 is 6.09 Å². The summed E-state index contributed by atoms with van der Waals surface area (Å²) in [7, 11) is 2.14. The molecule has 0 bridgehead atoms. The molecule has 0 spiro atoms. The van der Waals surface area contributed by atoms with Gasteiger partial charge < -0.3 is 25.3 Å². The van der Waals surface area contributed by atoms with Gasteiger partial charge in [-0.25, -0.2) is 4.79 Å². The number of H-pyrrole nitrogens is 1. The summed E-state index contributed by atoms with van der Waals surface area (Å²) in [6.07, 6.45) is 13.4. The van der Waals surface area contributed by atoms with E-state index in [4.69, 9.17) is 22.1 Å². The quantitative estimate of drug-likeness (QED) is 0.318. The molecule has 3 aromatic rings. The molecular weight excluding hydrogens is 548 g/mol. The highest BCUT2D eigenvalue weighted by Crippen LogP contribution is 2.41. The number of nitrogens with two attached hydrogens (primary N) is 1. The zero-order valence-corrected chi connectivity index (χ0v) is 25.2. The third-order valence-electron chi connectivity index (χ3n) is 9.39. The lowest BCUT2D eigenvalue weighted by molar-refractivity contribution is 0.0284. The van der Waals surface area contributed by atoms with Gasteiger partial charge in [0.15, 0.2) is 0 Å². The van der Waals surface area contributed by atoms with Gasteiger partial charge in [-0.2, -0.15) is 0 Å². The van der Waals surface area contributed by atoms with Gasteiger partial charge in [0, 0.05) is 33.7 Å². The van der Waals surface area contributed by atoms with Crippen molar-refractivity contribution in [3.05, 3.63) is 70.4 Å². The molecule has 0 radical (unpaired) electrons. The summed E-state index contributed by atoms with van der Waals surface area (Å²) in [5, 5.41) is 1.62. The molecule has 3 N–H and O–H groups in total. The molecular formula is C34H41ClN4O3. The molecule has 7 nitrogen and oxygen atoms in total. The number of nitrogens with zero attached hydrogens (tertiary/aromatic N) is 2. The fourth-order valence-electron chi connectivity index (χ4n) is 7.14. The van der Waals surface area contributed by atoms with E-state index in [1.165, 1.54) is 12.8 Å². The average Bonchev–Trinajstić information content (AvgIpc) is 3.34. The average molecular weight is 589 g/mol. The minimum absolute atomic E-state index is 0.00808. The molecule has 2 heterocycles. The van der Waals surface area contributed by atoms with E-state index in [-0.39, 0.29) is 24.3 Å². The molecule has 8 heteroatoms. The van der Waals surface area contributed by atoms with E-state index >= 15 is 0 Å². The van der Waals surface area contributed by atoms with Crippen LogP contribution in [0.25, 0.3) is 22.0 Å². The van der Waals surface area contributed by atoms with Crippen molar-refractivity contribution in [1.82, 2.24) is 14.8 Å². The number of fused-ring (bicyclic) bond motifs is 3. The summed E-state index contributed by atoms with van der Waals surface area (Å²) >= 11 is 6.68. The summed E-state index contributed by atoms with van der Waals surface area (Å²) in [6.45, 7) is 1.92. The van der Waals surface area contributed by atoms with Crippen molar-refractivity contribution >= 4 is 34.5 Å². The Morgan fingerprint density at radius 3 is 2.60 bits per heavy atom. The first kappa shape index (κ1) is 28.8. The van der Waals surface area contributed by atoms with E-state index in [1.807, 2.05) is 30.3 Å². The largest absolute Gasteiger partial charge is 0.442 e. The van der Waals surface area contributed by atoms with Gasteiger partial charge in [-0.05, 0) is 107 Å². The molecule has 2 atom stereocenters. The van der Waals surface area contributed by atoms with E-state index in [2.05, 4.69) is 34.0 Å². The van der Waals surface area contributed by atoms with E-state index in [9.17, 15) is 9.59 Å². The highest BCUT2D eigenvalue weighted by Gasteiger charge is 2.38. The van der Waals surface area contributed by atoms with Crippen LogP contribution in [0.15, 0.2) is 48.6 Å². The van der Waals surface area contributed by atoms with Crippen molar-refractivity contribution in [3.63, 3.8) is 0 Å². The molecule has 2 unspecified atom stereocenters. The molecule has 3 aliphatic rings. The molecule has 42 heavy (non-hydrogen) atoms. The van der Waals surface area contributed by atoms with Crippen molar-refractivity contribution in [3.8, 4) is 11.1 Å². The zero-order valence-electron chi connectivity index (χ0n) is 24.4. The Labute approximate surface area is 253 Å². The molecule has 1 saturated heterocycles. The third kappa shape index (κ3) is 5.82.